The fourth-order valence-corrected chi connectivity index (χ4v) is 4.63. The Balaban J connectivity index is 1.66. The van der Waals surface area contributed by atoms with E-state index in [0.717, 1.165) is 32.3 Å². The molecule has 0 aromatic carbocycles. The SMILES string of the molecule is NCC1CCCC1C(=O)C1CCOC2(CCCC2)C1. The predicted molar refractivity (Wildman–Crippen MR) is 74.8 cm³/mol. The Kier molecular flexibility index (Phi) is 3.95. The molecule has 3 aliphatic rings. The molecule has 3 rings (SSSR count). The zero-order valence-electron chi connectivity index (χ0n) is 11.9. The van der Waals surface area contributed by atoms with Crippen LogP contribution in [0.25, 0.3) is 0 Å². The van der Waals surface area contributed by atoms with Gasteiger partial charge in [-0.05, 0) is 51.0 Å². The molecule has 3 nitrogen and oxygen atoms in total. The Morgan fingerprint density at radius 1 is 1.16 bits per heavy atom. The molecule has 3 fully saturated rings. The molecule has 0 aromatic heterocycles. The van der Waals surface area contributed by atoms with E-state index in [-0.39, 0.29) is 17.4 Å². The van der Waals surface area contributed by atoms with Gasteiger partial charge in [0.25, 0.3) is 0 Å². The van der Waals surface area contributed by atoms with Crippen molar-refractivity contribution in [1.82, 2.24) is 0 Å². The van der Waals surface area contributed by atoms with Crippen LogP contribution in [-0.2, 0) is 9.53 Å². The number of carbonyl (C=O) groups excluding carboxylic acids is 1. The number of hydrogen-bond acceptors (Lipinski definition) is 3. The van der Waals surface area contributed by atoms with Gasteiger partial charge >= 0.3 is 0 Å². The molecule has 0 amide bonds. The summed E-state index contributed by atoms with van der Waals surface area (Å²) in [6.07, 6.45) is 10.2. The van der Waals surface area contributed by atoms with Crippen LogP contribution in [0.1, 0.15) is 57.8 Å². The number of ether oxygens (including phenoxy) is 1. The van der Waals surface area contributed by atoms with Crippen LogP contribution >= 0.6 is 0 Å². The molecule has 3 atom stereocenters. The standard InChI is InChI=1S/C16H27NO2/c17-11-13-4-3-5-14(13)15(18)12-6-9-19-16(10-12)7-1-2-8-16/h12-14H,1-11,17H2. The lowest BCUT2D eigenvalue weighted by Gasteiger charge is -2.38. The molecule has 3 unspecified atom stereocenters. The van der Waals surface area contributed by atoms with Crippen molar-refractivity contribution in [3.8, 4) is 0 Å². The number of carbonyl (C=O) groups is 1. The lowest BCUT2D eigenvalue weighted by Crippen LogP contribution is -2.42. The van der Waals surface area contributed by atoms with Gasteiger partial charge in [-0.2, -0.15) is 0 Å². The van der Waals surface area contributed by atoms with E-state index >= 15 is 0 Å². The van der Waals surface area contributed by atoms with Crippen molar-refractivity contribution in [1.29, 1.82) is 0 Å². The molecule has 0 aromatic rings. The first-order valence-electron chi connectivity index (χ1n) is 8.12. The Hall–Kier alpha value is -0.410. The van der Waals surface area contributed by atoms with E-state index < -0.39 is 0 Å². The minimum atomic E-state index is 0.0649. The highest BCUT2D eigenvalue weighted by molar-refractivity contribution is 5.84. The van der Waals surface area contributed by atoms with E-state index in [0.29, 0.717) is 18.2 Å². The summed E-state index contributed by atoms with van der Waals surface area (Å²) in [7, 11) is 0. The first-order chi connectivity index (χ1) is 9.24. The normalized spacial score (nSPS) is 37.8. The van der Waals surface area contributed by atoms with Gasteiger partial charge in [0, 0.05) is 18.4 Å². The van der Waals surface area contributed by atoms with Crippen LogP contribution in [0.5, 0.6) is 0 Å². The zero-order valence-corrected chi connectivity index (χ0v) is 11.9. The molecule has 19 heavy (non-hydrogen) atoms. The number of Topliss-reactive ketones (excluding diaryl/α,β-unsaturated/α-hetero) is 1. The smallest absolute Gasteiger partial charge is 0.139 e. The fourth-order valence-electron chi connectivity index (χ4n) is 4.63. The Labute approximate surface area is 116 Å². The van der Waals surface area contributed by atoms with Gasteiger partial charge in [0.15, 0.2) is 0 Å². The second-order valence-electron chi connectivity index (χ2n) is 6.86. The number of hydrogen-bond donors (Lipinski definition) is 1. The summed E-state index contributed by atoms with van der Waals surface area (Å²) < 4.78 is 6.05. The minimum absolute atomic E-state index is 0.0649. The highest BCUT2D eigenvalue weighted by Crippen LogP contribution is 2.44. The average Bonchev–Trinajstić information content (AvgIpc) is 3.07. The van der Waals surface area contributed by atoms with E-state index in [1.54, 1.807) is 0 Å². The van der Waals surface area contributed by atoms with Gasteiger partial charge in [0.05, 0.1) is 5.60 Å². The van der Waals surface area contributed by atoms with Gasteiger partial charge in [0.1, 0.15) is 5.78 Å². The van der Waals surface area contributed by atoms with Crippen molar-refractivity contribution in [3.05, 3.63) is 0 Å². The van der Waals surface area contributed by atoms with Crippen LogP contribution in [0.15, 0.2) is 0 Å². The first-order valence-corrected chi connectivity index (χ1v) is 8.12. The second-order valence-corrected chi connectivity index (χ2v) is 6.86. The molecule has 2 N–H and O–H groups in total. The lowest BCUT2D eigenvalue weighted by molar-refractivity contribution is -0.140. The van der Waals surface area contributed by atoms with Gasteiger partial charge in [0.2, 0.25) is 0 Å². The molecule has 1 saturated heterocycles. The van der Waals surface area contributed by atoms with Gasteiger partial charge in [-0.15, -0.1) is 0 Å². The molecule has 108 valence electrons. The first kappa shape index (κ1) is 13.6. The molecule has 1 aliphatic heterocycles. The molecule has 1 spiro atoms. The fraction of sp³-hybridized carbons (Fsp3) is 0.938. The third kappa shape index (κ3) is 2.59. The van der Waals surface area contributed by atoms with Crippen molar-refractivity contribution in [2.75, 3.05) is 13.2 Å². The molecular weight excluding hydrogens is 238 g/mol. The van der Waals surface area contributed by atoms with Crippen molar-refractivity contribution in [3.63, 3.8) is 0 Å². The molecule has 1 heterocycles. The van der Waals surface area contributed by atoms with Gasteiger partial charge in [-0.1, -0.05) is 19.3 Å². The van der Waals surface area contributed by atoms with Crippen LogP contribution in [0.3, 0.4) is 0 Å². The maximum atomic E-state index is 12.8. The van der Waals surface area contributed by atoms with Gasteiger partial charge in [-0.3, -0.25) is 4.79 Å². The van der Waals surface area contributed by atoms with Crippen LogP contribution in [0.2, 0.25) is 0 Å². The van der Waals surface area contributed by atoms with E-state index in [2.05, 4.69) is 0 Å². The maximum absolute atomic E-state index is 12.8. The Morgan fingerprint density at radius 2 is 1.95 bits per heavy atom. The van der Waals surface area contributed by atoms with Crippen LogP contribution < -0.4 is 5.73 Å². The summed E-state index contributed by atoms with van der Waals surface area (Å²) in [5.41, 5.74) is 5.90. The Morgan fingerprint density at radius 3 is 2.68 bits per heavy atom. The van der Waals surface area contributed by atoms with Crippen molar-refractivity contribution in [2.24, 2.45) is 23.5 Å². The topological polar surface area (TPSA) is 52.3 Å². The van der Waals surface area contributed by atoms with Crippen molar-refractivity contribution in [2.45, 2.75) is 63.4 Å². The second kappa shape index (κ2) is 5.53. The van der Waals surface area contributed by atoms with Crippen LogP contribution in [0.4, 0.5) is 0 Å². The van der Waals surface area contributed by atoms with E-state index in [4.69, 9.17) is 10.5 Å². The Bertz CT molecular complexity index is 336. The summed E-state index contributed by atoms with van der Waals surface area (Å²) in [4.78, 5) is 12.8. The maximum Gasteiger partial charge on any atom is 0.139 e. The minimum Gasteiger partial charge on any atom is -0.375 e. The highest BCUT2D eigenvalue weighted by atomic mass is 16.5. The summed E-state index contributed by atoms with van der Waals surface area (Å²) in [5, 5.41) is 0. The molecular formula is C16H27NO2. The summed E-state index contributed by atoms with van der Waals surface area (Å²) in [5.74, 6) is 1.48. The molecule has 3 heteroatoms. The molecule has 2 aliphatic carbocycles. The molecule has 0 bridgehead atoms. The third-order valence-corrected chi connectivity index (χ3v) is 5.74. The van der Waals surface area contributed by atoms with Crippen LogP contribution in [-0.4, -0.2) is 24.5 Å². The number of ketones is 1. The quantitative estimate of drug-likeness (QED) is 0.853. The molecule has 0 radical (unpaired) electrons. The van der Waals surface area contributed by atoms with Crippen molar-refractivity contribution < 1.29 is 9.53 Å². The summed E-state index contributed by atoms with van der Waals surface area (Å²) >= 11 is 0. The average molecular weight is 265 g/mol. The number of nitrogens with two attached hydrogens (primary N) is 1. The third-order valence-electron chi connectivity index (χ3n) is 5.74. The lowest BCUT2D eigenvalue weighted by atomic mass is 9.76. The van der Waals surface area contributed by atoms with E-state index in [9.17, 15) is 4.79 Å². The summed E-state index contributed by atoms with van der Waals surface area (Å²) in [6.45, 7) is 1.47. The van der Waals surface area contributed by atoms with Gasteiger partial charge in [-0.25, -0.2) is 0 Å². The monoisotopic (exact) mass is 265 g/mol. The molecule has 2 saturated carbocycles. The van der Waals surface area contributed by atoms with E-state index in [1.807, 2.05) is 0 Å². The zero-order chi connectivity index (χ0) is 13.3. The van der Waals surface area contributed by atoms with Crippen LogP contribution in [0, 0.1) is 17.8 Å². The summed E-state index contributed by atoms with van der Waals surface area (Å²) in [6, 6.07) is 0. The van der Waals surface area contributed by atoms with Crippen molar-refractivity contribution >= 4 is 5.78 Å². The van der Waals surface area contributed by atoms with E-state index in [1.165, 1.54) is 32.1 Å². The number of rotatable bonds is 3. The predicted octanol–water partition coefficient (Wildman–Crippen LogP) is 2.67. The largest absolute Gasteiger partial charge is 0.375 e. The highest BCUT2D eigenvalue weighted by Gasteiger charge is 2.44. The van der Waals surface area contributed by atoms with Gasteiger partial charge < -0.3 is 10.5 Å².